The first-order valence-electron chi connectivity index (χ1n) is 6.77. The summed E-state index contributed by atoms with van der Waals surface area (Å²) in [6, 6.07) is 7.95. The molecule has 108 valence electrons. The highest BCUT2D eigenvalue weighted by molar-refractivity contribution is 7.16. The summed E-state index contributed by atoms with van der Waals surface area (Å²) in [4.78, 5) is 17.2. The molecule has 0 saturated carbocycles. The van der Waals surface area contributed by atoms with Crippen molar-refractivity contribution >= 4 is 27.5 Å². The van der Waals surface area contributed by atoms with Gasteiger partial charge >= 0.3 is 0 Å². The van der Waals surface area contributed by atoms with E-state index in [1.807, 2.05) is 0 Å². The smallest absolute Gasteiger partial charge is 0.300 e. The van der Waals surface area contributed by atoms with Crippen molar-refractivity contribution in [2.75, 3.05) is 0 Å². The van der Waals surface area contributed by atoms with E-state index < -0.39 is 0 Å². The van der Waals surface area contributed by atoms with E-state index >= 15 is 0 Å². The van der Waals surface area contributed by atoms with Gasteiger partial charge in [-0.2, -0.15) is 10.1 Å². The maximum Gasteiger partial charge on any atom is 0.300 e. The van der Waals surface area contributed by atoms with Gasteiger partial charge in [0.05, 0.1) is 10.2 Å². The topological polar surface area (TPSA) is 52.2 Å². The molecule has 3 aromatic rings. The fourth-order valence-electron chi connectivity index (χ4n) is 2.24. The molecule has 1 amide bonds. The average Bonchev–Trinajstić information content (AvgIpc) is 3.01. The Morgan fingerprint density at radius 1 is 1.38 bits per heavy atom. The second-order valence-corrected chi connectivity index (χ2v) is 5.90. The van der Waals surface area contributed by atoms with E-state index in [4.69, 9.17) is 0 Å². The zero-order chi connectivity index (χ0) is 15.0. The molecule has 0 spiro atoms. The monoisotopic (exact) mass is 300 g/mol. The zero-order valence-electron chi connectivity index (χ0n) is 12.2. The number of carbonyl (C=O) groups excluding carboxylic acids is 1. The van der Waals surface area contributed by atoms with E-state index in [0.29, 0.717) is 10.5 Å². The number of nitrogens with zero attached hydrogens (tertiary/aromatic N) is 4. The second kappa shape index (κ2) is 5.29. The molecule has 21 heavy (non-hydrogen) atoms. The van der Waals surface area contributed by atoms with Gasteiger partial charge in [0.1, 0.15) is 0 Å². The molecule has 0 radical (unpaired) electrons. The van der Waals surface area contributed by atoms with Gasteiger partial charge in [-0.05, 0) is 37.6 Å². The molecule has 0 fully saturated rings. The minimum absolute atomic E-state index is 0.305. The highest BCUT2D eigenvalue weighted by Crippen LogP contribution is 2.18. The number of benzene rings is 1. The fourth-order valence-corrected chi connectivity index (χ4v) is 3.44. The molecular formula is C15H16N4OS. The molecule has 0 saturated heterocycles. The lowest BCUT2D eigenvalue weighted by atomic mass is 10.2. The number of aryl methyl sites for hydroxylation is 3. The van der Waals surface area contributed by atoms with Gasteiger partial charge in [-0.25, -0.2) is 0 Å². The third kappa shape index (κ3) is 2.54. The van der Waals surface area contributed by atoms with E-state index in [2.05, 4.69) is 46.7 Å². The number of hydrogen-bond acceptors (Lipinski definition) is 3. The van der Waals surface area contributed by atoms with Crippen LogP contribution in [0.25, 0.3) is 10.2 Å². The first kappa shape index (κ1) is 13.8. The van der Waals surface area contributed by atoms with Crippen LogP contribution in [0.5, 0.6) is 0 Å². The van der Waals surface area contributed by atoms with Crippen molar-refractivity contribution in [2.24, 2.45) is 12.0 Å². The minimum atomic E-state index is -0.305. The predicted octanol–water partition coefficient (Wildman–Crippen LogP) is 2.51. The first-order chi connectivity index (χ1) is 10.1. The Morgan fingerprint density at radius 2 is 2.19 bits per heavy atom. The molecule has 6 heteroatoms. The summed E-state index contributed by atoms with van der Waals surface area (Å²) < 4.78 is 4.80. The maximum atomic E-state index is 12.2. The number of carbonyl (C=O) groups is 1. The van der Waals surface area contributed by atoms with Gasteiger partial charge in [0, 0.05) is 19.8 Å². The van der Waals surface area contributed by atoms with Gasteiger partial charge in [0.15, 0.2) is 10.5 Å². The Kier molecular flexibility index (Phi) is 3.47. The van der Waals surface area contributed by atoms with Crippen molar-refractivity contribution in [2.45, 2.75) is 20.4 Å². The van der Waals surface area contributed by atoms with Crippen LogP contribution in [-0.4, -0.2) is 20.3 Å². The Labute approximate surface area is 126 Å². The summed E-state index contributed by atoms with van der Waals surface area (Å²) in [7, 11) is 1.78. The van der Waals surface area contributed by atoms with Gasteiger partial charge < -0.3 is 4.57 Å². The predicted molar refractivity (Wildman–Crippen MR) is 83.3 cm³/mol. The third-order valence-electron chi connectivity index (χ3n) is 3.28. The second-order valence-electron chi connectivity index (χ2n) is 4.89. The van der Waals surface area contributed by atoms with E-state index in [-0.39, 0.29) is 5.91 Å². The molecule has 0 aliphatic rings. The Hall–Kier alpha value is -2.21. The molecule has 0 aliphatic heterocycles. The molecule has 5 nitrogen and oxygen atoms in total. The summed E-state index contributed by atoms with van der Waals surface area (Å²) in [6.45, 7) is 4.89. The molecule has 0 N–H and O–H groups in total. The lowest BCUT2D eigenvalue weighted by Crippen LogP contribution is -2.16. The lowest BCUT2D eigenvalue weighted by Gasteiger charge is -2.00. The van der Waals surface area contributed by atoms with Crippen molar-refractivity contribution in [3.8, 4) is 0 Å². The number of amides is 1. The molecule has 0 unspecified atom stereocenters. The summed E-state index contributed by atoms with van der Waals surface area (Å²) in [5.41, 5.74) is 2.68. The molecule has 0 aliphatic carbocycles. The normalized spacial score (nSPS) is 12.2. The highest BCUT2D eigenvalue weighted by atomic mass is 32.1. The van der Waals surface area contributed by atoms with Crippen LogP contribution in [0.1, 0.15) is 23.0 Å². The lowest BCUT2D eigenvalue weighted by molar-refractivity contribution is 0.0992. The van der Waals surface area contributed by atoms with E-state index in [1.165, 1.54) is 16.9 Å². The number of fused-ring (bicyclic) bond motifs is 1. The Morgan fingerprint density at radius 3 is 2.86 bits per heavy atom. The van der Waals surface area contributed by atoms with Gasteiger partial charge in [0.2, 0.25) is 0 Å². The zero-order valence-corrected chi connectivity index (χ0v) is 13.0. The van der Waals surface area contributed by atoms with Crippen LogP contribution in [-0.2, 0) is 13.6 Å². The van der Waals surface area contributed by atoms with Crippen LogP contribution in [0.15, 0.2) is 35.5 Å². The largest absolute Gasteiger partial charge is 0.317 e. The molecular weight excluding hydrogens is 284 g/mol. The highest BCUT2D eigenvalue weighted by Gasteiger charge is 2.10. The summed E-state index contributed by atoms with van der Waals surface area (Å²) in [5, 5.41) is 4.10. The van der Waals surface area contributed by atoms with Crippen LogP contribution >= 0.6 is 11.3 Å². The standard InChI is InChI=1S/C15H16N4OS/c1-4-19-12-6-5-10(2)9-13(12)21-15(19)16-14(20)11-7-8-18(3)17-11/h5-9H,4H2,1-3H3. The van der Waals surface area contributed by atoms with Crippen molar-refractivity contribution in [3.63, 3.8) is 0 Å². The van der Waals surface area contributed by atoms with Crippen molar-refractivity contribution < 1.29 is 4.79 Å². The molecule has 3 rings (SSSR count). The summed E-state index contributed by atoms with van der Waals surface area (Å²) in [6.07, 6.45) is 1.74. The van der Waals surface area contributed by atoms with Crippen molar-refractivity contribution in [3.05, 3.63) is 46.5 Å². The third-order valence-corrected chi connectivity index (χ3v) is 4.33. The van der Waals surface area contributed by atoms with Crippen LogP contribution in [0.4, 0.5) is 0 Å². The van der Waals surface area contributed by atoms with Gasteiger partial charge in [-0.15, -0.1) is 0 Å². The van der Waals surface area contributed by atoms with Crippen LogP contribution < -0.4 is 4.80 Å². The molecule has 0 atom stereocenters. The Bertz CT molecular complexity index is 885. The molecule has 2 heterocycles. The van der Waals surface area contributed by atoms with Crippen molar-refractivity contribution in [1.29, 1.82) is 0 Å². The van der Waals surface area contributed by atoms with Gasteiger partial charge in [-0.3, -0.25) is 9.48 Å². The number of thiazole rings is 1. The molecule has 1 aromatic carbocycles. The Balaban J connectivity index is 2.15. The average molecular weight is 300 g/mol. The van der Waals surface area contributed by atoms with Gasteiger partial charge in [0.25, 0.3) is 5.91 Å². The van der Waals surface area contributed by atoms with Crippen molar-refractivity contribution in [1.82, 2.24) is 14.3 Å². The van der Waals surface area contributed by atoms with E-state index in [0.717, 1.165) is 16.8 Å². The van der Waals surface area contributed by atoms with Crippen LogP contribution in [0.3, 0.4) is 0 Å². The van der Waals surface area contributed by atoms with Gasteiger partial charge in [-0.1, -0.05) is 17.4 Å². The fraction of sp³-hybridized carbons (Fsp3) is 0.267. The quantitative estimate of drug-likeness (QED) is 0.730. The summed E-state index contributed by atoms with van der Waals surface area (Å²) in [5.74, 6) is -0.305. The molecule has 0 bridgehead atoms. The maximum absolute atomic E-state index is 12.2. The van der Waals surface area contributed by atoms with E-state index in [1.54, 1.807) is 24.0 Å². The SMILES string of the molecule is CCn1c(=NC(=O)c2ccn(C)n2)sc2cc(C)ccc21. The molecule has 2 aromatic heterocycles. The summed E-state index contributed by atoms with van der Waals surface area (Å²) >= 11 is 1.53. The minimum Gasteiger partial charge on any atom is -0.317 e. The van der Waals surface area contributed by atoms with E-state index in [9.17, 15) is 4.79 Å². The van der Waals surface area contributed by atoms with Crippen LogP contribution in [0, 0.1) is 6.92 Å². The number of rotatable bonds is 2. The van der Waals surface area contributed by atoms with Crippen LogP contribution in [0.2, 0.25) is 0 Å². The number of hydrogen-bond donors (Lipinski definition) is 0. The first-order valence-corrected chi connectivity index (χ1v) is 7.59. The number of aromatic nitrogens is 3.